The molecule has 0 bridgehead atoms. The van der Waals surface area contributed by atoms with Crippen LogP contribution in [0.2, 0.25) is 0 Å². The van der Waals surface area contributed by atoms with E-state index in [1.807, 2.05) is 12.1 Å². The zero-order valence-electron chi connectivity index (χ0n) is 32.4. The van der Waals surface area contributed by atoms with Gasteiger partial charge in [0.2, 0.25) is 0 Å². The summed E-state index contributed by atoms with van der Waals surface area (Å²) in [6.07, 6.45) is 0. The molecule has 11 rings (SSSR count). The molecule has 1 aromatic heterocycles. The molecule has 58 heavy (non-hydrogen) atoms. The first-order valence-corrected chi connectivity index (χ1v) is 20.0. The third kappa shape index (κ3) is 5.50. The number of fused-ring (bicyclic) bond motifs is 8. The van der Waals surface area contributed by atoms with E-state index in [2.05, 4.69) is 207 Å². The molecule has 0 saturated carbocycles. The van der Waals surface area contributed by atoms with Crippen LogP contribution in [0.5, 0.6) is 0 Å². The van der Waals surface area contributed by atoms with Gasteiger partial charge in [0.05, 0.1) is 22.4 Å². The van der Waals surface area contributed by atoms with Crippen LogP contribution in [0, 0.1) is 0 Å². The van der Waals surface area contributed by atoms with E-state index < -0.39 is 0 Å². The van der Waals surface area contributed by atoms with Crippen molar-refractivity contribution in [2.45, 2.75) is 19.3 Å². The summed E-state index contributed by atoms with van der Waals surface area (Å²) in [6.45, 7) is 4.70. The molecule has 3 nitrogen and oxygen atoms in total. The predicted octanol–water partition coefficient (Wildman–Crippen LogP) is 14.7. The van der Waals surface area contributed by atoms with Crippen molar-refractivity contribution in [1.29, 1.82) is 0 Å². The summed E-state index contributed by atoms with van der Waals surface area (Å²) >= 11 is 0. The van der Waals surface area contributed by atoms with Gasteiger partial charge in [-0.25, -0.2) is 9.97 Å². The third-order valence-electron chi connectivity index (χ3n) is 12.0. The Morgan fingerprint density at radius 1 is 0.397 bits per heavy atom. The SMILES string of the molecule is CC1(C)c2ccccc2-c2ccc(N(c3ccc(-c4ccccc4)cc3)c3ccc4c(ccc5ccc6nc(-c7ccccc7)c(-c7ccccc7)nc6c54)c3)cc21. The number of benzene rings is 9. The zero-order chi connectivity index (χ0) is 38.8. The van der Waals surface area contributed by atoms with E-state index in [0.29, 0.717) is 0 Å². The van der Waals surface area contributed by atoms with Crippen molar-refractivity contribution in [2.75, 3.05) is 4.90 Å². The fourth-order valence-corrected chi connectivity index (χ4v) is 9.10. The summed E-state index contributed by atoms with van der Waals surface area (Å²) in [6, 6.07) is 71.9. The van der Waals surface area contributed by atoms with Gasteiger partial charge in [0, 0.05) is 39.0 Å². The molecule has 0 fully saturated rings. The fraction of sp³-hybridized carbons (Fsp3) is 0.0545. The Labute approximate surface area is 338 Å². The van der Waals surface area contributed by atoms with Gasteiger partial charge in [-0.15, -0.1) is 0 Å². The van der Waals surface area contributed by atoms with Crippen molar-refractivity contribution >= 4 is 49.6 Å². The molecule has 0 radical (unpaired) electrons. The van der Waals surface area contributed by atoms with Crippen LogP contribution in [0.15, 0.2) is 200 Å². The fourth-order valence-electron chi connectivity index (χ4n) is 9.10. The van der Waals surface area contributed by atoms with Crippen LogP contribution in [-0.4, -0.2) is 9.97 Å². The van der Waals surface area contributed by atoms with E-state index in [4.69, 9.17) is 9.97 Å². The minimum Gasteiger partial charge on any atom is -0.310 e. The Balaban J connectivity index is 1.10. The molecule has 3 heteroatoms. The van der Waals surface area contributed by atoms with Gasteiger partial charge in [0.15, 0.2) is 0 Å². The molecular weight excluding hydrogens is 703 g/mol. The first kappa shape index (κ1) is 33.9. The highest BCUT2D eigenvalue weighted by Crippen LogP contribution is 2.51. The lowest BCUT2D eigenvalue weighted by molar-refractivity contribution is 0.660. The molecular formula is C55H39N3. The van der Waals surface area contributed by atoms with E-state index in [1.165, 1.54) is 33.4 Å². The smallest absolute Gasteiger partial charge is 0.0979 e. The maximum atomic E-state index is 5.48. The van der Waals surface area contributed by atoms with Gasteiger partial charge in [0.1, 0.15) is 0 Å². The second kappa shape index (κ2) is 13.4. The summed E-state index contributed by atoms with van der Waals surface area (Å²) in [5.41, 5.74) is 16.6. The Kier molecular flexibility index (Phi) is 7.84. The van der Waals surface area contributed by atoms with Gasteiger partial charge < -0.3 is 4.90 Å². The van der Waals surface area contributed by atoms with E-state index in [-0.39, 0.29) is 5.41 Å². The number of hydrogen-bond acceptors (Lipinski definition) is 3. The maximum Gasteiger partial charge on any atom is 0.0979 e. The molecule has 1 aliphatic rings. The second-order valence-electron chi connectivity index (χ2n) is 15.8. The number of aromatic nitrogens is 2. The summed E-state index contributed by atoms with van der Waals surface area (Å²) < 4.78 is 0. The van der Waals surface area contributed by atoms with Crippen LogP contribution in [0.25, 0.3) is 77.3 Å². The summed E-state index contributed by atoms with van der Waals surface area (Å²) in [5, 5.41) is 4.55. The minimum atomic E-state index is -0.117. The maximum absolute atomic E-state index is 5.48. The highest BCUT2D eigenvalue weighted by molar-refractivity contribution is 6.19. The van der Waals surface area contributed by atoms with Gasteiger partial charge in [0.25, 0.3) is 0 Å². The van der Waals surface area contributed by atoms with Gasteiger partial charge in [-0.2, -0.15) is 0 Å². The quantitative estimate of drug-likeness (QED) is 0.159. The van der Waals surface area contributed by atoms with Crippen molar-refractivity contribution in [1.82, 2.24) is 9.97 Å². The topological polar surface area (TPSA) is 29.0 Å². The molecule has 0 amide bonds. The van der Waals surface area contributed by atoms with E-state index in [1.54, 1.807) is 0 Å². The van der Waals surface area contributed by atoms with Crippen LogP contribution in [-0.2, 0) is 5.41 Å². The molecule has 9 aromatic carbocycles. The lowest BCUT2D eigenvalue weighted by Gasteiger charge is -2.28. The standard InChI is InChI=1S/C55H39N3/c1-55(2)48-21-13-12-20-46(48)47-32-30-44(35-49(47)55)58(42-27-24-37(25-28-42)36-14-6-3-7-15-36)43-29-31-45-41(34-43)23-22-38-26-33-50-54(51(38)45)57-53(40-18-10-5-11-19-40)52(56-50)39-16-8-4-9-17-39/h3-35H,1-2H3. The van der Waals surface area contributed by atoms with Gasteiger partial charge in [-0.3, -0.25) is 0 Å². The van der Waals surface area contributed by atoms with Crippen LogP contribution in [0.3, 0.4) is 0 Å². The largest absolute Gasteiger partial charge is 0.310 e. The number of hydrogen-bond donors (Lipinski definition) is 0. The predicted molar refractivity (Wildman–Crippen MR) is 243 cm³/mol. The van der Waals surface area contributed by atoms with Gasteiger partial charge in [-0.1, -0.05) is 172 Å². The summed E-state index contributed by atoms with van der Waals surface area (Å²) in [7, 11) is 0. The Hall–Kier alpha value is -7.36. The first-order chi connectivity index (χ1) is 28.5. The van der Waals surface area contributed by atoms with Gasteiger partial charge in [-0.05, 0) is 92.0 Å². The van der Waals surface area contributed by atoms with Crippen molar-refractivity contribution in [3.05, 3.63) is 211 Å². The molecule has 0 atom stereocenters. The van der Waals surface area contributed by atoms with E-state index in [9.17, 15) is 0 Å². The first-order valence-electron chi connectivity index (χ1n) is 20.0. The van der Waals surface area contributed by atoms with E-state index >= 15 is 0 Å². The van der Waals surface area contributed by atoms with Crippen molar-refractivity contribution in [2.24, 2.45) is 0 Å². The monoisotopic (exact) mass is 741 g/mol. The molecule has 0 spiro atoms. The highest BCUT2D eigenvalue weighted by atomic mass is 15.1. The molecule has 10 aromatic rings. The average Bonchev–Trinajstić information content (AvgIpc) is 3.52. The molecule has 0 unspecified atom stereocenters. The Morgan fingerprint density at radius 2 is 0.931 bits per heavy atom. The Bertz CT molecular complexity index is 3170. The van der Waals surface area contributed by atoms with Crippen molar-refractivity contribution in [3.8, 4) is 44.8 Å². The van der Waals surface area contributed by atoms with Crippen LogP contribution < -0.4 is 4.90 Å². The normalized spacial score (nSPS) is 12.8. The van der Waals surface area contributed by atoms with Crippen LogP contribution >= 0.6 is 0 Å². The molecule has 1 aliphatic carbocycles. The number of anilines is 3. The van der Waals surface area contributed by atoms with Crippen molar-refractivity contribution < 1.29 is 0 Å². The zero-order valence-corrected chi connectivity index (χ0v) is 32.4. The van der Waals surface area contributed by atoms with Crippen LogP contribution in [0.1, 0.15) is 25.0 Å². The molecule has 0 aliphatic heterocycles. The average molecular weight is 742 g/mol. The number of rotatable bonds is 6. The minimum absolute atomic E-state index is 0.117. The molecule has 274 valence electrons. The van der Waals surface area contributed by atoms with Crippen molar-refractivity contribution in [3.63, 3.8) is 0 Å². The molecule has 1 heterocycles. The Morgan fingerprint density at radius 3 is 1.66 bits per heavy atom. The third-order valence-corrected chi connectivity index (χ3v) is 12.0. The lowest BCUT2D eigenvalue weighted by Crippen LogP contribution is -2.16. The lowest BCUT2D eigenvalue weighted by atomic mass is 9.82. The van der Waals surface area contributed by atoms with E-state index in [0.717, 1.165) is 72.2 Å². The molecule has 0 N–H and O–H groups in total. The second-order valence-corrected chi connectivity index (χ2v) is 15.8. The summed E-state index contributed by atoms with van der Waals surface area (Å²) in [5.74, 6) is 0. The molecule has 0 saturated heterocycles. The van der Waals surface area contributed by atoms with Crippen LogP contribution in [0.4, 0.5) is 17.1 Å². The number of nitrogens with zero attached hydrogens (tertiary/aromatic N) is 3. The summed E-state index contributed by atoms with van der Waals surface area (Å²) in [4.78, 5) is 13.2. The highest BCUT2D eigenvalue weighted by Gasteiger charge is 2.35. The van der Waals surface area contributed by atoms with Gasteiger partial charge >= 0.3 is 0 Å².